The predicted molar refractivity (Wildman–Crippen MR) is 114 cm³/mol. The first-order valence-corrected chi connectivity index (χ1v) is 10.9. The molecule has 1 aliphatic heterocycles. The Morgan fingerprint density at radius 3 is 2.48 bits per heavy atom. The van der Waals surface area contributed by atoms with Crippen molar-refractivity contribution in [1.82, 2.24) is 10.1 Å². The second-order valence-electron chi connectivity index (χ2n) is 8.71. The van der Waals surface area contributed by atoms with Crippen LogP contribution in [0.5, 0.6) is 0 Å². The number of halogens is 2. The van der Waals surface area contributed by atoms with Crippen LogP contribution in [0.1, 0.15) is 75.6 Å². The van der Waals surface area contributed by atoms with E-state index in [4.69, 9.17) is 15.1 Å². The second-order valence-corrected chi connectivity index (χ2v) is 8.71. The van der Waals surface area contributed by atoms with Crippen molar-refractivity contribution >= 4 is 17.4 Å². The van der Waals surface area contributed by atoms with E-state index < -0.39 is 11.6 Å². The van der Waals surface area contributed by atoms with Gasteiger partial charge in [-0.2, -0.15) is 4.98 Å². The van der Waals surface area contributed by atoms with Crippen molar-refractivity contribution in [3.05, 3.63) is 35.2 Å². The molecule has 0 bridgehead atoms. The zero-order valence-electron chi connectivity index (χ0n) is 18.0. The van der Waals surface area contributed by atoms with Crippen LogP contribution >= 0.6 is 0 Å². The van der Waals surface area contributed by atoms with E-state index in [0.29, 0.717) is 11.6 Å². The van der Waals surface area contributed by atoms with Crippen molar-refractivity contribution in [3.63, 3.8) is 0 Å². The fraction of sp³-hybridized carbons (Fsp3) is 0.591. The average Bonchev–Trinajstić information content (AvgIpc) is 3.26. The van der Waals surface area contributed by atoms with E-state index >= 15 is 0 Å². The van der Waals surface area contributed by atoms with Gasteiger partial charge in [-0.3, -0.25) is 0 Å². The number of rotatable bonds is 5. The number of hydrogen-bond acceptors (Lipinski definition) is 7. The molecule has 0 radical (unpaired) electrons. The monoisotopic (exact) mass is 433 g/mol. The van der Waals surface area contributed by atoms with Crippen molar-refractivity contribution < 1.29 is 18.1 Å². The minimum atomic E-state index is -0.563. The third-order valence-electron chi connectivity index (χ3n) is 6.11. The quantitative estimate of drug-likeness (QED) is 0.540. The first-order chi connectivity index (χ1) is 14.9. The van der Waals surface area contributed by atoms with E-state index in [2.05, 4.69) is 20.2 Å². The molecule has 31 heavy (non-hydrogen) atoms. The molecular weight excluding hydrogens is 404 g/mol. The molecule has 168 valence electrons. The smallest absolute Gasteiger partial charge is 0.324 e. The molecular formula is C22H29F2N5O2. The summed E-state index contributed by atoms with van der Waals surface area (Å²) in [6.07, 6.45) is 4.58. The zero-order chi connectivity index (χ0) is 22.0. The van der Waals surface area contributed by atoms with Gasteiger partial charge in [0.15, 0.2) is 5.82 Å². The van der Waals surface area contributed by atoms with Gasteiger partial charge in [-0.25, -0.2) is 8.78 Å². The SMILES string of the molecule is CC(C)c1noc(N2CCC(ON=C3CCC(c4cc(F)c(N)cc4F)CC3)CC2)n1. The maximum absolute atomic E-state index is 14.2. The predicted octanol–water partition coefficient (Wildman–Crippen LogP) is 4.75. The van der Waals surface area contributed by atoms with Gasteiger partial charge in [0.1, 0.15) is 17.7 Å². The topological polar surface area (TPSA) is 89.8 Å². The second kappa shape index (κ2) is 9.20. The lowest BCUT2D eigenvalue weighted by atomic mass is 9.83. The van der Waals surface area contributed by atoms with Crippen LogP contribution in [0, 0.1) is 11.6 Å². The number of nitrogen functional groups attached to an aromatic ring is 1. The fourth-order valence-corrected chi connectivity index (χ4v) is 4.13. The summed E-state index contributed by atoms with van der Waals surface area (Å²) >= 11 is 0. The highest BCUT2D eigenvalue weighted by Gasteiger charge is 2.26. The minimum Gasteiger partial charge on any atom is -0.396 e. The highest BCUT2D eigenvalue weighted by Crippen LogP contribution is 2.35. The maximum Gasteiger partial charge on any atom is 0.324 e. The Labute approximate surface area is 180 Å². The Balaban J connectivity index is 1.25. The summed E-state index contributed by atoms with van der Waals surface area (Å²) in [6.45, 7) is 5.62. The number of oxime groups is 1. The number of hydrogen-bond donors (Lipinski definition) is 1. The van der Waals surface area contributed by atoms with E-state index in [0.717, 1.165) is 69.2 Å². The van der Waals surface area contributed by atoms with Gasteiger partial charge in [-0.1, -0.05) is 24.2 Å². The van der Waals surface area contributed by atoms with Crippen LogP contribution in [0.15, 0.2) is 21.8 Å². The van der Waals surface area contributed by atoms with E-state index in [9.17, 15) is 8.78 Å². The fourth-order valence-electron chi connectivity index (χ4n) is 4.13. The molecule has 9 heteroatoms. The Kier molecular flexibility index (Phi) is 6.38. The normalized spacial score (nSPS) is 20.4. The summed E-state index contributed by atoms with van der Waals surface area (Å²) in [5, 5.41) is 8.39. The Bertz CT molecular complexity index is 928. The van der Waals surface area contributed by atoms with Crippen molar-refractivity contribution in [2.24, 2.45) is 5.16 Å². The highest BCUT2D eigenvalue weighted by atomic mass is 19.1. The van der Waals surface area contributed by atoms with E-state index in [-0.39, 0.29) is 23.6 Å². The molecule has 2 aliphatic rings. The summed E-state index contributed by atoms with van der Waals surface area (Å²) < 4.78 is 33.3. The molecule has 1 saturated heterocycles. The molecule has 2 heterocycles. The van der Waals surface area contributed by atoms with Gasteiger partial charge >= 0.3 is 6.01 Å². The third-order valence-corrected chi connectivity index (χ3v) is 6.11. The van der Waals surface area contributed by atoms with Crippen LogP contribution < -0.4 is 10.6 Å². The molecule has 1 saturated carbocycles. The number of anilines is 2. The molecule has 2 N–H and O–H groups in total. The van der Waals surface area contributed by atoms with Crippen LogP contribution in [-0.2, 0) is 4.84 Å². The van der Waals surface area contributed by atoms with Crippen LogP contribution in [0.4, 0.5) is 20.5 Å². The molecule has 1 aromatic carbocycles. The number of nitrogens with zero attached hydrogens (tertiary/aromatic N) is 4. The number of benzene rings is 1. The molecule has 0 amide bonds. The van der Waals surface area contributed by atoms with E-state index in [1.807, 2.05) is 13.8 Å². The van der Waals surface area contributed by atoms with Gasteiger partial charge in [-0.05, 0) is 43.2 Å². The first kappa shape index (κ1) is 21.5. The van der Waals surface area contributed by atoms with Gasteiger partial charge < -0.3 is 20.0 Å². The standard InChI is InChI=1S/C22H29F2N5O2/c1-13(2)21-26-22(31-28-21)29-9-7-16(8-10-29)30-27-15-5-3-14(4-6-15)17-11-19(24)20(25)12-18(17)23/h11-14,16H,3-10,25H2,1-2H3. The van der Waals surface area contributed by atoms with E-state index in [1.165, 1.54) is 6.07 Å². The lowest BCUT2D eigenvalue weighted by Gasteiger charge is -2.29. The summed E-state index contributed by atoms with van der Waals surface area (Å²) in [7, 11) is 0. The molecule has 0 spiro atoms. The third kappa shape index (κ3) is 4.97. The molecule has 7 nitrogen and oxygen atoms in total. The molecule has 0 unspecified atom stereocenters. The molecule has 1 aromatic heterocycles. The number of aromatic nitrogens is 2. The molecule has 2 fully saturated rings. The summed E-state index contributed by atoms with van der Waals surface area (Å²) in [5.41, 5.74) is 6.67. The average molecular weight is 434 g/mol. The lowest BCUT2D eigenvalue weighted by molar-refractivity contribution is 0.0401. The summed E-state index contributed by atoms with van der Waals surface area (Å²) in [6, 6.07) is 2.87. The van der Waals surface area contributed by atoms with Crippen LogP contribution in [0.3, 0.4) is 0 Å². The summed E-state index contributed by atoms with van der Waals surface area (Å²) in [5.74, 6) is -0.0696. The van der Waals surface area contributed by atoms with Crippen molar-refractivity contribution in [3.8, 4) is 0 Å². The lowest BCUT2D eigenvalue weighted by Crippen LogP contribution is -2.36. The van der Waals surface area contributed by atoms with Gasteiger partial charge in [-0.15, -0.1) is 0 Å². The van der Waals surface area contributed by atoms with Crippen LogP contribution in [-0.4, -0.2) is 35.0 Å². The van der Waals surface area contributed by atoms with Crippen LogP contribution in [0.2, 0.25) is 0 Å². The molecule has 0 atom stereocenters. The molecule has 4 rings (SSSR count). The van der Waals surface area contributed by atoms with Crippen molar-refractivity contribution in [1.29, 1.82) is 0 Å². The van der Waals surface area contributed by atoms with Crippen molar-refractivity contribution in [2.75, 3.05) is 23.7 Å². The molecule has 2 aromatic rings. The first-order valence-electron chi connectivity index (χ1n) is 10.9. The summed E-state index contributed by atoms with van der Waals surface area (Å²) in [4.78, 5) is 12.3. The highest BCUT2D eigenvalue weighted by molar-refractivity contribution is 5.84. The Hall–Kier alpha value is -2.71. The Morgan fingerprint density at radius 2 is 1.84 bits per heavy atom. The van der Waals surface area contributed by atoms with Gasteiger partial charge in [0, 0.05) is 37.9 Å². The van der Waals surface area contributed by atoms with Crippen LogP contribution in [0.25, 0.3) is 0 Å². The van der Waals surface area contributed by atoms with Gasteiger partial charge in [0.25, 0.3) is 0 Å². The number of piperidine rings is 1. The zero-order valence-corrected chi connectivity index (χ0v) is 18.0. The molecule has 1 aliphatic carbocycles. The van der Waals surface area contributed by atoms with E-state index in [1.54, 1.807) is 0 Å². The number of nitrogens with two attached hydrogens (primary N) is 1. The van der Waals surface area contributed by atoms with Crippen molar-refractivity contribution in [2.45, 2.75) is 70.3 Å². The van der Waals surface area contributed by atoms with Gasteiger partial charge in [0.05, 0.1) is 11.4 Å². The minimum absolute atomic E-state index is 0.0255. The largest absolute Gasteiger partial charge is 0.396 e. The van der Waals surface area contributed by atoms with Gasteiger partial charge in [0.2, 0.25) is 0 Å². The Morgan fingerprint density at radius 1 is 1.13 bits per heavy atom. The maximum atomic E-state index is 14.2.